The molecule has 0 aliphatic heterocycles. The zero-order chi connectivity index (χ0) is 24.7. The van der Waals surface area contributed by atoms with Crippen molar-refractivity contribution in [2.75, 3.05) is 19.8 Å². The van der Waals surface area contributed by atoms with Crippen molar-refractivity contribution in [3.8, 4) is 0 Å². The van der Waals surface area contributed by atoms with Crippen LogP contribution in [-0.2, 0) is 18.7 Å². The number of phosphoric acid groups is 1. The number of nitrogens with one attached hydrogen (secondary N) is 1. The molecule has 0 aliphatic carbocycles. The molecule has 1 atom stereocenters. The number of hydrogen-bond donors (Lipinski definition) is 6. The highest BCUT2D eigenvalue weighted by atomic mass is 31.2. The number of unbranched alkanes of at least 4 members (excludes halogenated alkanes) is 8. The molecule has 0 heterocycles. The molecule has 32 heavy (non-hydrogen) atoms. The van der Waals surface area contributed by atoms with Gasteiger partial charge in [-0.3, -0.25) is 19.4 Å². The van der Waals surface area contributed by atoms with Gasteiger partial charge in [-0.1, -0.05) is 65.2 Å². The minimum atomic E-state index is -4.76. The second-order valence-electron chi connectivity index (χ2n) is 8.15. The van der Waals surface area contributed by atoms with Crippen LogP contribution in [0, 0.1) is 0 Å². The van der Waals surface area contributed by atoms with E-state index >= 15 is 0 Å². The largest absolute Gasteiger partial charge is 0.469 e. The molecule has 0 saturated heterocycles. The van der Waals surface area contributed by atoms with E-state index in [9.17, 15) is 29.5 Å². The van der Waals surface area contributed by atoms with Crippen molar-refractivity contribution in [2.45, 2.75) is 102 Å². The molecule has 0 saturated carbocycles. The van der Waals surface area contributed by atoms with Crippen LogP contribution in [0.2, 0.25) is 0 Å². The van der Waals surface area contributed by atoms with E-state index in [0.29, 0.717) is 12.8 Å². The molecule has 0 bridgehead atoms. The lowest BCUT2D eigenvalue weighted by molar-refractivity contribution is -0.198. The van der Waals surface area contributed by atoms with Gasteiger partial charge in [0.1, 0.15) is 0 Å². The lowest BCUT2D eigenvalue weighted by Crippen LogP contribution is -2.72. The summed E-state index contributed by atoms with van der Waals surface area (Å²) in [6.07, 6.45) is 7.82. The van der Waals surface area contributed by atoms with Gasteiger partial charge in [-0.25, -0.2) is 4.57 Å². The Kier molecular flexibility index (Phi) is 15.7. The Morgan fingerprint density at radius 1 is 0.844 bits per heavy atom. The monoisotopic (exact) mass is 483 g/mol. The van der Waals surface area contributed by atoms with E-state index < -0.39 is 50.5 Å². The van der Waals surface area contributed by atoms with Gasteiger partial charge in [-0.05, 0) is 12.8 Å². The molecule has 0 aliphatic rings. The fourth-order valence-electron chi connectivity index (χ4n) is 3.48. The summed E-state index contributed by atoms with van der Waals surface area (Å²) in [5, 5.41) is 34.1. The van der Waals surface area contributed by atoms with Crippen LogP contribution < -0.4 is 5.32 Å². The van der Waals surface area contributed by atoms with Gasteiger partial charge < -0.3 is 25.1 Å². The number of Topliss-reactive ketones (excluding diaryl/α,β-unsaturated/α-hetero) is 2. The maximum Gasteiger partial charge on any atom is 0.469 e. The molecule has 0 radical (unpaired) electrons. The zero-order valence-corrected chi connectivity index (χ0v) is 20.3. The molecule has 0 unspecified atom stereocenters. The third kappa shape index (κ3) is 10.9. The van der Waals surface area contributed by atoms with Gasteiger partial charge in [0.15, 0.2) is 17.3 Å². The highest BCUT2D eigenvalue weighted by Crippen LogP contribution is 2.35. The van der Waals surface area contributed by atoms with Crippen molar-refractivity contribution >= 4 is 19.4 Å². The Hall–Kier alpha value is -0.710. The van der Waals surface area contributed by atoms with E-state index in [4.69, 9.17) is 9.79 Å². The Bertz CT molecular complexity index is 570. The first-order valence-corrected chi connectivity index (χ1v) is 13.1. The normalized spacial score (nSPS) is 14.3. The minimum Gasteiger partial charge on any atom is -0.392 e. The number of aliphatic hydroxyl groups excluding tert-OH is 1. The molecule has 0 rings (SSSR count). The number of phosphoric ester groups is 1. The molecular weight excluding hydrogens is 441 g/mol. The van der Waals surface area contributed by atoms with Crippen LogP contribution in [0.1, 0.15) is 90.9 Å². The van der Waals surface area contributed by atoms with E-state index in [2.05, 4.69) is 9.84 Å². The van der Waals surface area contributed by atoms with Crippen LogP contribution >= 0.6 is 7.82 Å². The Morgan fingerprint density at radius 2 is 1.28 bits per heavy atom. The van der Waals surface area contributed by atoms with Crippen molar-refractivity contribution in [3.63, 3.8) is 0 Å². The number of rotatable bonds is 21. The lowest BCUT2D eigenvalue weighted by atomic mass is 9.78. The zero-order valence-electron chi connectivity index (χ0n) is 19.4. The van der Waals surface area contributed by atoms with Crippen molar-refractivity contribution in [2.24, 2.45) is 0 Å². The van der Waals surface area contributed by atoms with E-state index in [0.717, 1.165) is 51.4 Å². The number of carbonyl (C=O) groups is 2. The first-order chi connectivity index (χ1) is 15.0. The van der Waals surface area contributed by atoms with Gasteiger partial charge in [0.25, 0.3) is 0 Å². The second kappa shape index (κ2) is 16.0. The number of hydrogen-bond acceptors (Lipinski definition) is 8. The maximum absolute atomic E-state index is 12.9. The van der Waals surface area contributed by atoms with Crippen LogP contribution in [0.3, 0.4) is 0 Å². The average molecular weight is 484 g/mol. The predicted octanol–water partition coefficient (Wildman–Crippen LogP) is 1.96. The highest BCUT2D eigenvalue weighted by molar-refractivity contribution is 7.46. The summed E-state index contributed by atoms with van der Waals surface area (Å²) in [7, 11) is -4.76. The molecule has 6 N–H and O–H groups in total. The van der Waals surface area contributed by atoms with Crippen molar-refractivity contribution < 1.29 is 43.8 Å². The summed E-state index contributed by atoms with van der Waals surface area (Å²) in [6.45, 7) is 1.91. The maximum atomic E-state index is 12.9. The van der Waals surface area contributed by atoms with Gasteiger partial charge in [-0.15, -0.1) is 0 Å². The Balaban J connectivity index is 5.37. The predicted molar refractivity (Wildman–Crippen MR) is 120 cm³/mol. The van der Waals surface area contributed by atoms with Gasteiger partial charge in [0.2, 0.25) is 5.60 Å². The van der Waals surface area contributed by atoms with Crippen LogP contribution in [-0.4, -0.2) is 67.8 Å². The average Bonchev–Trinajstić information content (AvgIpc) is 2.74. The number of ketones is 2. The molecule has 0 spiro atoms. The quantitative estimate of drug-likeness (QED) is 0.0613. The first-order valence-electron chi connectivity index (χ1n) is 11.6. The Labute approximate surface area is 191 Å². The first kappa shape index (κ1) is 31.3. The fourth-order valence-corrected chi connectivity index (χ4v) is 3.81. The van der Waals surface area contributed by atoms with Gasteiger partial charge in [0, 0.05) is 19.4 Å². The number of carbonyl (C=O) groups excluding carboxylic acids is 2. The topological polar surface area (TPSA) is 174 Å². The molecule has 190 valence electrons. The smallest absolute Gasteiger partial charge is 0.392 e. The summed E-state index contributed by atoms with van der Waals surface area (Å²) >= 11 is 0. The SMILES string of the molecule is CCCCCCCC(=O)C(O)(C(=O)CCCCCCC)[C@@](O)(CO)NCCOP(=O)(O)O. The van der Waals surface area contributed by atoms with Crippen LogP contribution in [0.5, 0.6) is 0 Å². The molecule has 0 aromatic heterocycles. The van der Waals surface area contributed by atoms with E-state index in [1.165, 1.54) is 0 Å². The molecule has 0 amide bonds. The summed E-state index contributed by atoms with van der Waals surface area (Å²) in [5.41, 5.74) is -5.61. The summed E-state index contributed by atoms with van der Waals surface area (Å²) in [6, 6.07) is 0. The molecule has 10 nitrogen and oxygen atoms in total. The van der Waals surface area contributed by atoms with Crippen LogP contribution in [0.25, 0.3) is 0 Å². The van der Waals surface area contributed by atoms with Crippen molar-refractivity contribution in [1.82, 2.24) is 5.32 Å². The number of aliphatic hydroxyl groups is 3. The summed E-state index contributed by atoms with van der Waals surface area (Å²) in [5.74, 6) is -1.79. The van der Waals surface area contributed by atoms with E-state index in [1.54, 1.807) is 0 Å². The van der Waals surface area contributed by atoms with E-state index in [1.807, 2.05) is 13.8 Å². The third-order valence-corrected chi connectivity index (χ3v) is 5.95. The second-order valence-corrected chi connectivity index (χ2v) is 9.39. The highest BCUT2D eigenvalue weighted by Gasteiger charge is 2.58. The summed E-state index contributed by atoms with van der Waals surface area (Å²) < 4.78 is 15.1. The van der Waals surface area contributed by atoms with Crippen LogP contribution in [0.15, 0.2) is 0 Å². The van der Waals surface area contributed by atoms with Gasteiger partial charge in [0.05, 0.1) is 13.2 Å². The molecular formula is C21H42NO9P. The standard InChI is InChI=1S/C21H42NO9P/c1-3-5-7-9-11-13-18(24)21(27,19(25)14-12-10-8-6-4-2)20(26,17-23)22-15-16-31-32(28,29)30/h22-23,26-27H,3-17H2,1-2H3,(H2,28,29,30)/t20-/m0/s1. The minimum absolute atomic E-state index is 0.148. The van der Waals surface area contributed by atoms with Crippen LogP contribution in [0.4, 0.5) is 0 Å². The van der Waals surface area contributed by atoms with Gasteiger partial charge in [-0.2, -0.15) is 0 Å². The summed E-state index contributed by atoms with van der Waals surface area (Å²) in [4.78, 5) is 43.4. The lowest BCUT2D eigenvalue weighted by Gasteiger charge is -2.40. The van der Waals surface area contributed by atoms with E-state index in [-0.39, 0.29) is 12.8 Å². The Morgan fingerprint density at radius 3 is 1.66 bits per heavy atom. The molecule has 0 aromatic carbocycles. The van der Waals surface area contributed by atoms with Gasteiger partial charge >= 0.3 is 7.82 Å². The van der Waals surface area contributed by atoms with Crippen molar-refractivity contribution in [3.05, 3.63) is 0 Å². The molecule has 11 heteroatoms. The molecule has 0 fully saturated rings. The van der Waals surface area contributed by atoms with Crippen molar-refractivity contribution in [1.29, 1.82) is 0 Å². The third-order valence-electron chi connectivity index (χ3n) is 5.43. The fraction of sp³-hybridized carbons (Fsp3) is 0.905. The molecule has 0 aromatic rings.